The van der Waals surface area contributed by atoms with E-state index in [1.165, 1.54) is 70.6 Å². The molecule has 2 aliphatic carbocycles. The third-order valence-corrected chi connectivity index (χ3v) is 4.76. The highest BCUT2D eigenvalue weighted by molar-refractivity contribution is 4.77. The number of nitrogens with one attached hydrogen (secondary N) is 1. The van der Waals surface area contributed by atoms with Gasteiger partial charge in [0.2, 0.25) is 0 Å². The van der Waals surface area contributed by atoms with Gasteiger partial charge >= 0.3 is 0 Å². The Morgan fingerprint density at radius 2 is 1.47 bits per heavy atom. The Morgan fingerprint density at radius 1 is 0.882 bits per heavy atom. The van der Waals surface area contributed by atoms with Crippen LogP contribution in [0.25, 0.3) is 0 Å². The third kappa shape index (κ3) is 5.42. The van der Waals surface area contributed by atoms with Crippen molar-refractivity contribution in [1.29, 1.82) is 0 Å². The summed E-state index contributed by atoms with van der Waals surface area (Å²) in [5.74, 6) is 2.16. The zero-order valence-corrected chi connectivity index (χ0v) is 11.7. The van der Waals surface area contributed by atoms with Crippen molar-refractivity contribution in [1.82, 2.24) is 5.32 Å². The highest BCUT2D eigenvalue weighted by Gasteiger charge is 2.23. The van der Waals surface area contributed by atoms with Crippen LogP contribution in [0.15, 0.2) is 0 Å². The molecule has 0 spiro atoms. The molecule has 1 unspecified atom stereocenters. The average Bonchev–Trinajstić information content (AvgIpc) is 3.18. The van der Waals surface area contributed by atoms with E-state index in [-0.39, 0.29) is 0 Å². The molecular weight excluding hydrogens is 206 g/mol. The minimum atomic E-state index is 0.822. The van der Waals surface area contributed by atoms with Crippen molar-refractivity contribution in [3.63, 3.8) is 0 Å². The van der Waals surface area contributed by atoms with Gasteiger partial charge in [0, 0.05) is 6.04 Å². The fourth-order valence-corrected chi connectivity index (χ4v) is 3.39. The Bertz CT molecular complexity index is 192. The van der Waals surface area contributed by atoms with E-state index < -0.39 is 0 Å². The maximum absolute atomic E-state index is 3.71. The van der Waals surface area contributed by atoms with E-state index in [0.29, 0.717) is 0 Å². The van der Waals surface area contributed by atoms with Gasteiger partial charge in [0.05, 0.1) is 0 Å². The summed E-state index contributed by atoms with van der Waals surface area (Å²) in [6.45, 7) is 3.41. The van der Waals surface area contributed by atoms with Gasteiger partial charge in [-0.2, -0.15) is 0 Å². The molecule has 0 bridgehead atoms. The van der Waals surface area contributed by atoms with Crippen LogP contribution in [0.1, 0.15) is 77.6 Å². The molecule has 17 heavy (non-hydrogen) atoms. The van der Waals surface area contributed by atoms with E-state index in [2.05, 4.69) is 12.2 Å². The minimum Gasteiger partial charge on any atom is -0.314 e. The molecule has 1 nitrogen and oxygen atoms in total. The predicted molar refractivity (Wildman–Crippen MR) is 75.2 cm³/mol. The Balaban J connectivity index is 1.60. The highest BCUT2D eigenvalue weighted by Crippen LogP contribution is 2.34. The molecule has 1 atom stereocenters. The summed E-state index contributed by atoms with van der Waals surface area (Å²) in [6.07, 6.45) is 16.4. The summed E-state index contributed by atoms with van der Waals surface area (Å²) in [4.78, 5) is 0. The third-order valence-electron chi connectivity index (χ3n) is 4.76. The molecule has 100 valence electrons. The second-order valence-electron chi connectivity index (χ2n) is 6.36. The quantitative estimate of drug-likeness (QED) is 0.654. The van der Waals surface area contributed by atoms with Crippen molar-refractivity contribution in [3.8, 4) is 0 Å². The first-order valence-electron chi connectivity index (χ1n) is 8.12. The second kappa shape index (κ2) is 7.41. The zero-order valence-electron chi connectivity index (χ0n) is 11.7. The summed E-state index contributed by atoms with van der Waals surface area (Å²) in [5, 5.41) is 3.71. The number of hydrogen-bond acceptors (Lipinski definition) is 1. The van der Waals surface area contributed by atoms with Crippen LogP contribution in [0.5, 0.6) is 0 Å². The SMILES string of the molecule is CCNC(CCC1CCCCC1)CCC1CC1. The molecule has 0 saturated heterocycles. The topological polar surface area (TPSA) is 12.0 Å². The van der Waals surface area contributed by atoms with Crippen LogP contribution in [0, 0.1) is 11.8 Å². The first kappa shape index (κ1) is 13.4. The molecule has 0 aromatic rings. The smallest absolute Gasteiger partial charge is 0.00671 e. The molecule has 2 saturated carbocycles. The van der Waals surface area contributed by atoms with Gasteiger partial charge in [-0.3, -0.25) is 0 Å². The van der Waals surface area contributed by atoms with Crippen molar-refractivity contribution in [2.45, 2.75) is 83.6 Å². The van der Waals surface area contributed by atoms with E-state index in [0.717, 1.165) is 24.4 Å². The van der Waals surface area contributed by atoms with Gasteiger partial charge in [0.15, 0.2) is 0 Å². The van der Waals surface area contributed by atoms with Gasteiger partial charge in [-0.25, -0.2) is 0 Å². The summed E-state index contributed by atoms with van der Waals surface area (Å²) in [5.41, 5.74) is 0. The van der Waals surface area contributed by atoms with Crippen LogP contribution in [-0.4, -0.2) is 12.6 Å². The van der Waals surface area contributed by atoms with Crippen LogP contribution >= 0.6 is 0 Å². The van der Waals surface area contributed by atoms with E-state index in [1.54, 1.807) is 0 Å². The summed E-state index contributed by atoms with van der Waals surface area (Å²) in [7, 11) is 0. The predicted octanol–water partition coefficient (Wildman–Crippen LogP) is 4.52. The lowest BCUT2D eigenvalue weighted by Gasteiger charge is -2.24. The molecular formula is C16H31N. The normalized spacial score (nSPS) is 23.8. The molecule has 2 aliphatic rings. The molecule has 1 N–H and O–H groups in total. The summed E-state index contributed by atoms with van der Waals surface area (Å²) in [6, 6.07) is 0.822. The lowest BCUT2D eigenvalue weighted by Crippen LogP contribution is -2.29. The zero-order chi connectivity index (χ0) is 11.9. The van der Waals surface area contributed by atoms with Crippen molar-refractivity contribution in [3.05, 3.63) is 0 Å². The molecule has 0 aliphatic heterocycles. The maximum atomic E-state index is 3.71. The summed E-state index contributed by atoms with van der Waals surface area (Å²) < 4.78 is 0. The van der Waals surface area contributed by atoms with Crippen LogP contribution < -0.4 is 5.32 Å². The van der Waals surface area contributed by atoms with Crippen molar-refractivity contribution in [2.75, 3.05) is 6.54 Å². The highest BCUT2D eigenvalue weighted by atomic mass is 14.9. The standard InChI is InChI=1S/C16H31N/c1-2-17-16(13-11-15-8-9-15)12-10-14-6-4-3-5-7-14/h14-17H,2-13H2,1H3. The van der Waals surface area contributed by atoms with Crippen molar-refractivity contribution in [2.24, 2.45) is 11.8 Å². The molecule has 2 rings (SSSR count). The molecule has 0 heterocycles. The van der Waals surface area contributed by atoms with Crippen LogP contribution in [0.4, 0.5) is 0 Å². The molecule has 0 aromatic heterocycles. The molecule has 0 radical (unpaired) electrons. The molecule has 0 aromatic carbocycles. The first-order chi connectivity index (χ1) is 8.38. The van der Waals surface area contributed by atoms with Crippen LogP contribution in [0.3, 0.4) is 0 Å². The number of hydrogen-bond donors (Lipinski definition) is 1. The Kier molecular flexibility index (Phi) is 5.84. The Morgan fingerprint density at radius 3 is 2.00 bits per heavy atom. The van der Waals surface area contributed by atoms with Gasteiger partial charge < -0.3 is 5.32 Å². The molecule has 1 heteroatoms. The van der Waals surface area contributed by atoms with Crippen LogP contribution in [-0.2, 0) is 0 Å². The maximum Gasteiger partial charge on any atom is 0.00671 e. The van der Waals surface area contributed by atoms with E-state index in [9.17, 15) is 0 Å². The summed E-state index contributed by atoms with van der Waals surface area (Å²) >= 11 is 0. The van der Waals surface area contributed by atoms with Crippen molar-refractivity contribution >= 4 is 0 Å². The molecule has 2 fully saturated rings. The van der Waals surface area contributed by atoms with Gasteiger partial charge in [-0.15, -0.1) is 0 Å². The largest absolute Gasteiger partial charge is 0.314 e. The molecule has 0 amide bonds. The Labute approximate surface area is 108 Å². The van der Waals surface area contributed by atoms with Gasteiger partial charge in [-0.05, 0) is 44.1 Å². The van der Waals surface area contributed by atoms with Gasteiger partial charge in [0.1, 0.15) is 0 Å². The van der Waals surface area contributed by atoms with Gasteiger partial charge in [-0.1, -0.05) is 51.9 Å². The Hall–Kier alpha value is -0.0400. The van der Waals surface area contributed by atoms with Gasteiger partial charge in [0.25, 0.3) is 0 Å². The first-order valence-corrected chi connectivity index (χ1v) is 8.12. The van der Waals surface area contributed by atoms with Crippen molar-refractivity contribution < 1.29 is 0 Å². The number of rotatable bonds is 8. The monoisotopic (exact) mass is 237 g/mol. The minimum absolute atomic E-state index is 0.822. The fraction of sp³-hybridized carbons (Fsp3) is 1.00. The van der Waals surface area contributed by atoms with Crippen LogP contribution in [0.2, 0.25) is 0 Å². The second-order valence-corrected chi connectivity index (χ2v) is 6.36. The van der Waals surface area contributed by atoms with E-state index in [1.807, 2.05) is 0 Å². The fourth-order valence-electron chi connectivity index (χ4n) is 3.39. The van der Waals surface area contributed by atoms with E-state index in [4.69, 9.17) is 0 Å². The van der Waals surface area contributed by atoms with E-state index >= 15 is 0 Å². The average molecular weight is 237 g/mol. The lowest BCUT2D eigenvalue weighted by molar-refractivity contribution is 0.307. The lowest BCUT2D eigenvalue weighted by atomic mass is 9.84.